The van der Waals surface area contributed by atoms with E-state index in [0.717, 1.165) is 21.4 Å². The molecule has 0 atom stereocenters. The Hall–Kier alpha value is -3.19. The van der Waals surface area contributed by atoms with E-state index >= 15 is 0 Å². The van der Waals surface area contributed by atoms with Gasteiger partial charge in [-0.15, -0.1) is 0 Å². The van der Waals surface area contributed by atoms with Crippen LogP contribution >= 0.6 is 11.8 Å². The monoisotopic (exact) mass is 360 g/mol. The van der Waals surface area contributed by atoms with Gasteiger partial charge in [0.2, 0.25) is 0 Å². The van der Waals surface area contributed by atoms with Crippen molar-refractivity contribution < 1.29 is 0 Å². The molecule has 7 heteroatoms. The predicted molar refractivity (Wildman–Crippen MR) is 105 cm³/mol. The number of para-hydroxylation sites is 1. The topological polar surface area (TPSA) is 89.6 Å². The number of anilines is 3. The summed E-state index contributed by atoms with van der Waals surface area (Å²) in [7, 11) is 0. The summed E-state index contributed by atoms with van der Waals surface area (Å²) < 4.78 is 0. The molecule has 0 spiro atoms. The fraction of sp³-hybridized carbons (Fsp3) is 0.0526. The van der Waals surface area contributed by atoms with E-state index in [1.54, 1.807) is 12.4 Å². The smallest absolute Gasteiger partial charge is 0.159 e. The first-order chi connectivity index (χ1) is 12.7. The van der Waals surface area contributed by atoms with Crippen molar-refractivity contribution in [1.82, 2.24) is 19.9 Å². The highest BCUT2D eigenvalue weighted by Gasteiger charge is 2.12. The van der Waals surface area contributed by atoms with Gasteiger partial charge in [-0.25, -0.2) is 15.0 Å². The summed E-state index contributed by atoms with van der Waals surface area (Å²) in [5.74, 6) is 1.22. The molecule has 0 unspecified atom stereocenters. The maximum absolute atomic E-state index is 6.30. The standard InChI is InChI=1S/C19H16N6S/c1-12-7-8-15(22-10-12)25-18-16(20)19(24-11-23-18)26-14-6-2-4-13-5-3-9-21-17(13)14/h2-11H,20H2,1H3,(H,22,23,24,25). The minimum atomic E-state index is 0.479. The van der Waals surface area contributed by atoms with Gasteiger partial charge in [-0.1, -0.05) is 36.0 Å². The Kier molecular flexibility index (Phi) is 4.37. The largest absolute Gasteiger partial charge is 0.394 e. The molecule has 4 aromatic rings. The molecule has 0 saturated heterocycles. The van der Waals surface area contributed by atoms with Crippen molar-refractivity contribution in [1.29, 1.82) is 0 Å². The Morgan fingerprint density at radius 3 is 2.69 bits per heavy atom. The number of nitrogens with two attached hydrogens (primary N) is 1. The summed E-state index contributed by atoms with van der Waals surface area (Å²) in [5.41, 5.74) is 8.79. The van der Waals surface area contributed by atoms with Gasteiger partial charge >= 0.3 is 0 Å². The number of fused-ring (bicyclic) bond motifs is 1. The fourth-order valence-corrected chi connectivity index (χ4v) is 3.41. The number of pyridine rings is 2. The number of hydrogen-bond donors (Lipinski definition) is 2. The Labute approximate surface area is 154 Å². The lowest BCUT2D eigenvalue weighted by Crippen LogP contribution is -2.03. The number of nitrogens with one attached hydrogen (secondary N) is 1. The van der Waals surface area contributed by atoms with E-state index in [2.05, 4.69) is 25.3 Å². The highest BCUT2D eigenvalue weighted by atomic mass is 32.2. The van der Waals surface area contributed by atoms with E-state index in [9.17, 15) is 0 Å². The maximum atomic E-state index is 6.30. The van der Waals surface area contributed by atoms with Gasteiger partial charge in [0, 0.05) is 22.7 Å². The van der Waals surface area contributed by atoms with Crippen molar-refractivity contribution in [3.63, 3.8) is 0 Å². The molecule has 4 rings (SSSR count). The molecule has 0 aliphatic rings. The molecule has 3 N–H and O–H groups in total. The van der Waals surface area contributed by atoms with Crippen molar-refractivity contribution in [3.8, 4) is 0 Å². The van der Waals surface area contributed by atoms with Crippen LogP contribution in [0.2, 0.25) is 0 Å². The summed E-state index contributed by atoms with van der Waals surface area (Å²) in [6.45, 7) is 1.99. The molecule has 0 radical (unpaired) electrons. The van der Waals surface area contributed by atoms with Crippen LogP contribution in [-0.4, -0.2) is 19.9 Å². The first-order valence-corrected chi connectivity index (χ1v) is 8.84. The summed E-state index contributed by atoms with van der Waals surface area (Å²) >= 11 is 1.47. The van der Waals surface area contributed by atoms with Crippen LogP contribution in [0.4, 0.5) is 17.3 Å². The van der Waals surface area contributed by atoms with Gasteiger partial charge in [0.25, 0.3) is 0 Å². The zero-order valence-corrected chi connectivity index (χ0v) is 14.9. The second-order valence-electron chi connectivity index (χ2n) is 5.72. The van der Waals surface area contributed by atoms with Crippen molar-refractivity contribution in [2.75, 3.05) is 11.1 Å². The highest BCUT2D eigenvalue weighted by molar-refractivity contribution is 7.99. The zero-order valence-electron chi connectivity index (χ0n) is 14.0. The van der Waals surface area contributed by atoms with Crippen LogP contribution in [0.1, 0.15) is 5.56 Å². The molecule has 1 aromatic carbocycles. The van der Waals surface area contributed by atoms with Gasteiger partial charge in [0.1, 0.15) is 22.9 Å². The Morgan fingerprint density at radius 2 is 1.85 bits per heavy atom. The van der Waals surface area contributed by atoms with Crippen molar-refractivity contribution in [3.05, 3.63) is 66.7 Å². The minimum absolute atomic E-state index is 0.479. The van der Waals surface area contributed by atoms with Gasteiger partial charge in [0.15, 0.2) is 5.82 Å². The molecule has 0 aliphatic carbocycles. The van der Waals surface area contributed by atoms with Gasteiger partial charge in [-0.3, -0.25) is 4.98 Å². The fourth-order valence-electron chi connectivity index (χ4n) is 2.49. The van der Waals surface area contributed by atoms with E-state index in [4.69, 9.17) is 5.73 Å². The summed E-state index contributed by atoms with van der Waals surface area (Å²) in [6, 6.07) is 13.9. The number of hydrogen-bond acceptors (Lipinski definition) is 7. The predicted octanol–water partition coefficient (Wildman–Crippen LogP) is 4.21. The third-order valence-electron chi connectivity index (χ3n) is 3.81. The van der Waals surface area contributed by atoms with Crippen molar-refractivity contribution in [2.45, 2.75) is 16.8 Å². The van der Waals surface area contributed by atoms with Gasteiger partial charge in [-0.2, -0.15) is 0 Å². The Morgan fingerprint density at radius 1 is 0.962 bits per heavy atom. The Balaban J connectivity index is 1.66. The van der Waals surface area contributed by atoms with Crippen LogP contribution in [0.25, 0.3) is 10.9 Å². The molecular formula is C19H16N6S. The number of rotatable bonds is 4. The van der Waals surface area contributed by atoms with Crippen LogP contribution in [0, 0.1) is 6.92 Å². The molecule has 0 bridgehead atoms. The molecule has 0 amide bonds. The van der Waals surface area contributed by atoms with E-state index < -0.39 is 0 Å². The van der Waals surface area contributed by atoms with E-state index in [1.807, 2.05) is 49.4 Å². The van der Waals surface area contributed by atoms with Crippen LogP contribution < -0.4 is 11.1 Å². The van der Waals surface area contributed by atoms with E-state index in [-0.39, 0.29) is 0 Å². The average molecular weight is 360 g/mol. The molecule has 3 aromatic heterocycles. The maximum Gasteiger partial charge on any atom is 0.159 e. The molecule has 128 valence electrons. The van der Waals surface area contributed by atoms with Crippen molar-refractivity contribution >= 4 is 40.0 Å². The lowest BCUT2D eigenvalue weighted by atomic mass is 10.2. The highest BCUT2D eigenvalue weighted by Crippen LogP contribution is 2.36. The second-order valence-corrected chi connectivity index (χ2v) is 6.75. The van der Waals surface area contributed by atoms with Crippen molar-refractivity contribution in [2.24, 2.45) is 0 Å². The third-order valence-corrected chi connectivity index (χ3v) is 4.88. The molecule has 3 heterocycles. The second kappa shape index (κ2) is 6.97. The number of nitrogens with zero attached hydrogens (tertiary/aromatic N) is 4. The van der Waals surface area contributed by atoms with Crippen LogP contribution in [-0.2, 0) is 0 Å². The number of benzene rings is 1. The van der Waals surface area contributed by atoms with Crippen LogP contribution in [0.5, 0.6) is 0 Å². The molecule has 0 aliphatic heterocycles. The van der Waals surface area contributed by atoms with Gasteiger partial charge < -0.3 is 11.1 Å². The third kappa shape index (κ3) is 3.29. The molecule has 0 saturated carbocycles. The number of nitrogen functional groups attached to an aromatic ring is 1. The first kappa shape index (κ1) is 16.3. The lowest BCUT2D eigenvalue weighted by molar-refractivity contribution is 1.06. The summed E-state index contributed by atoms with van der Waals surface area (Å²) in [5, 5.41) is 4.90. The zero-order chi connectivity index (χ0) is 17.9. The first-order valence-electron chi connectivity index (χ1n) is 8.02. The van der Waals surface area contributed by atoms with Gasteiger partial charge in [0.05, 0.1) is 5.52 Å². The van der Waals surface area contributed by atoms with Crippen LogP contribution in [0.3, 0.4) is 0 Å². The molecule has 6 nitrogen and oxygen atoms in total. The normalized spacial score (nSPS) is 10.8. The Bertz CT molecular complexity index is 1060. The van der Waals surface area contributed by atoms with Gasteiger partial charge in [-0.05, 0) is 30.7 Å². The summed E-state index contributed by atoms with van der Waals surface area (Å²) in [6.07, 6.45) is 5.07. The molecule has 0 fully saturated rings. The minimum Gasteiger partial charge on any atom is -0.394 e. The molecule has 26 heavy (non-hydrogen) atoms. The number of aromatic nitrogens is 4. The quantitative estimate of drug-likeness (QED) is 0.527. The average Bonchev–Trinajstić information content (AvgIpc) is 2.67. The molecular weight excluding hydrogens is 344 g/mol. The lowest BCUT2D eigenvalue weighted by Gasteiger charge is -2.11. The van der Waals surface area contributed by atoms with E-state index in [0.29, 0.717) is 22.3 Å². The SMILES string of the molecule is Cc1ccc(Nc2ncnc(Sc3cccc4cccnc34)c2N)nc1. The van der Waals surface area contributed by atoms with Crippen LogP contribution in [0.15, 0.2) is 71.1 Å². The summed E-state index contributed by atoms with van der Waals surface area (Å²) in [4.78, 5) is 18.4. The number of aryl methyl sites for hydroxylation is 1. The van der Waals surface area contributed by atoms with E-state index in [1.165, 1.54) is 18.1 Å².